The molecule has 0 N–H and O–H groups in total. The van der Waals surface area contributed by atoms with E-state index in [0.717, 1.165) is 36.9 Å². The first-order valence-corrected chi connectivity index (χ1v) is 9.87. The molecule has 124 valence electrons. The van der Waals surface area contributed by atoms with E-state index in [4.69, 9.17) is 0 Å². The number of sulfonamides is 1. The van der Waals surface area contributed by atoms with Gasteiger partial charge >= 0.3 is 0 Å². The molecule has 5 nitrogen and oxygen atoms in total. The van der Waals surface area contributed by atoms with Gasteiger partial charge in [-0.3, -0.25) is 4.79 Å². The second kappa shape index (κ2) is 5.31. The molecule has 1 amide bonds. The van der Waals surface area contributed by atoms with Crippen molar-refractivity contribution in [1.29, 1.82) is 0 Å². The van der Waals surface area contributed by atoms with Gasteiger partial charge in [-0.1, -0.05) is 13.0 Å². The number of benzene rings is 1. The lowest BCUT2D eigenvalue weighted by Crippen LogP contribution is -2.31. The number of hydrogen-bond acceptors (Lipinski definition) is 3. The maximum absolute atomic E-state index is 12.7. The molecule has 2 aliphatic heterocycles. The zero-order chi connectivity index (χ0) is 16.2. The number of carbonyl (C=O) groups excluding carboxylic acids is 1. The van der Waals surface area contributed by atoms with Crippen molar-refractivity contribution in [2.75, 3.05) is 24.5 Å². The second-order valence-corrected chi connectivity index (χ2v) is 8.90. The predicted molar refractivity (Wildman–Crippen MR) is 87.8 cm³/mol. The molecule has 1 saturated heterocycles. The van der Waals surface area contributed by atoms with E-state index in [1.807, 2.05) is 6.07 Å². The van der Waals surface area contributed by atoms with E-state index in [2.05, 4.69) is 6.92 Å². The first-order chi connectivity index (χ1) is 11.0. The van der Waals surface area contributed by atoms with Crippen LogP contribution in [0.25, 0.3) is 0 Å². The van der Waals surface area contributed by atoms with Gasteiger partial charge in [-0.15, -0.1) is 0 Å². The summed E-state index contributed by atoms with van der Waals surface area (Å²) >= 11 is 0. The van der Waals surface area contributed by atoms with Gasteiger partial charge in [0.25, 0.3) is 0 Å². The lowest BCUT2D eigenvalue weighted by Gasteiger charge is -2.20. The van der Waals surface area contributed by atoms with Gasteiger partial charge in [-0.25, -0.2) is 8.42 Å². The van der Waals surface area contributed by atoms with Gasteiger partial charge in [-0.05, 0) is 49.3 Å². The molecule has 23 heavy (non-hydrogen) atoms. The molecule has 4 rings (SSSR count). The number of amides is 1. The molecule has 1 aliphatic carbocycles. The number of anilines is 1. The molecule has 1 saturated carbocycles. The van der Waals surface area contributed by atoms with Crippen LogP contribution in [0.2, 0.25) is 0 Å². The van der Waals surface area contributed by atoms with Crippen molar-refractivity contribution < 1.29 is 13.2 Å². The molecule has 0 aromatic heterocycles. The minimum atomic E-state index is -3.43. The first kappa shape index (κ1) is 15.1. The highest BCUT2D eigenvalue weighted by Gasteiger charge is 2.43. The average molecular weight is 334 g/mol. The topological polar surface area (TPSA) is 57.7 Å². The molecule has 0 bridgehead atoms. The number of fused-ring (bicyclic) bond motifs is 1. The van der Waals surface area contributed by atoms with Gasteiger partial charge < -0.3 is 4.90 Å². The minimum absolute atomic E-state index is 0.125. The summed E-state index contributed by atoms with van der Waals surface area (Å²) in [4.78, 5) is 14.7. The van der Waals surface area contributed by atoms with Crippen LogP contribution in [0.15, 0.2) is 23.1 Å². The molecule has 2 heterocycles. The third-order valence-electron chi connectivity index (χ3n) is 5.35. The van der Waals surface area contributed by atoms with Crippen molar-refractivity contribution in [2.24, 2.45) is 11.8 Å². The summed E-state index contributed by atoms with van der Waals surface area (Å²) in [5, 5.41) is 0. The Morgan fingerprint density at radius 2 is 1.87 bits per heavy atom. The number of hydrogen-bond donors (Lipinski definition) is 0. The summed E-state index contributed by atoms with van der Waals surface area (Å²) < 4.78 is 27.0. The molecule has 2 atom stereocenters. The van der Waals surface area contributed by atoms with Gasteiger partial charge in [0.05, 0.1) is 4.90 Å². The first-order valence-electron chi connectivity index (χ1n) is 8.43. The maximum Gasteiger partial charge on any atom is 0.243 e. The fourth-order valence-corrected chi connectivity index (χ4v) is 5.23. The van der Waals surface area contributed by atoms with Gasteiger partial charge in [0.15, 0.2) is 0 Å². The van der Waals surface area contributed by atoms with Crippen molar-refractivity contribution in [1.82, 2.24) is 4.31 Å². The van der Waals surface area contributed by atoms with Crippen LogP contribution < -0.4 is 4.90 Å². The van der Waals surface area contributed by atoms with Crippen LogP contribution in [-0.4, -0.2) is 38.3 Å². The summed E-state index contributed by atoms with van der Waals surface area (Å²) in [5.74, 6) is 0.745. The lowest BCUT2D eigenvalue weighted by molar-refractivity contribution is -0.119. The Morgan fingerprint density at radius 1 is 1.17 bits per heavy atom. The second-order valence-electron chi connectivity index (χ2n) is 6.96. The Balaban J connectivity index is 1.66. The Kier molecular flexibility index (Phi) is 3.50. The smallest absolute Gasteiger partial charge is 0.243 e. The molecule has 2 fully saturated rings. The predicted octanol–water partition coefficient (Wildman–Crippen LogP) is 2.02. The largest absolute Gasteiger partial charge is 0.312 e. The van der Waals surface area contributed by atoms with Crippen molar-refractivity contribution in [2.45, 2.75) is 37.5 Å². The molecule has 6 heteroatoms. The van der Waals surface area contributed by atoms with Crippen molar-refractivity contribution in [3.8, 4) is 0 Å². The van der Waals surface area contributed by atoms with Gasteiger partial charge in [0, 0.05) is 31.2 Å². The van der Waals surface area contributed by atoms with E-state index in [1.54, 1.807) is 21.3 Å². The van der Waals surface area contributed by atoms with Crippen molar-refractivity contribution >= 4 is 21.6 Å². The van der Waals surface area contributed by atoms with E-state index < -0.39 is 10.0 Å². The van der Waals surface area contributed by atoms with E-state index in [-0.39, 0.29) is 11.8 Å². The van der Waals surface area contributed by atoms with Gasteiger partial charge in [0.2, 0.25) is 15.9 Å². The summed E-state index contributed by atoms with van der Waals surface area (Å²) in [6.07, 6.45) is 3.62. The Bertz CT molecular complexity index is 753. The third kappa shape index (κ3) is 2.48. The van der Waals surface area contributed by atoms with E-state index >= 15 is 0 Å². The maximum atomic E-state index is 12.7. The number of rotatable bonds is 3. The standard InChI is InChI=1S/C17H22N2O3S/c1-12-10-15(12)17(20)19-9-6-13-4-5-14(11-16(13)19)23(21,22)18-7-2-3-8-18/h4-5,11-12,15H,2-3,6-10H2,1H3/t12-,15-/m0/s1. The van der Waals surface area contributed by atoms with E-state index in [1.165, 1.54) is 0 Å². The van der Waals surface area contributed by atoms with Crippen LogP contribution in [-0.2, 0) is 21.2 Å². The highest BCUT2D eigenvalue weighted by Crippen LogP contribution is 2.42. The van der Waals surface area contributed by atoms with Crippen LogP contribution in [0.5, 0.6) is 0 Å². The van der Waals surface area contributed by atoms with Crippen LogP contribution in [0.3, 0.4) is 0 Å². The van der Waals surface area contributed by atoms with Gasteiger partial charge in [0.1, 0.15) is 0 Å². The summed E-state index contributed by atoms with van der Waals surface area (Å²) in [6.45, 7) is 3.96. The van der Waals surface area contributed by atoms with Crippen LogP contribution in [0.1, 0.15) is 31.7 Å². The quantitative estimate of drug-likeness (QED) is 0.850. The van der Waals surface area contributed by atoms with Crippen molar-refractivity contribution in [3.63, 3.8) is 0 Å². The number of nitrogens with zero attached hydrogens (tertiary/aromatic N) is 2. The minimum Gasteiger partial charge on any atom is -0.312 e. The van der Waals surface area contributed by atoms with Crippen LogP contribution >= 0.6 is 0 Å². The SMILES string of the molecule is C[C@H]1C[C@@H]1C(=O)N1CCc2ccc(S(=O)(=O)N3CCCC3)cc21. The summed E-state index contributed by atoms with van der Waals surface area (Å²) in [6, 6.07) is 5.28. The van der Waals surface area contributed by atoms with E-state index in [0.29, 0.717) is 30.4 Å². The summed E-state index contributed by atoms with van der Waals surface area (Å²) in [5.41, 5.74) is 1.88. The molecule has 1 aromatic carbocycles. The highest BCUT2D eigenvalue weighted by atomic mass is 32.2. The fraction of sp³-hybridized carbons (Fsp3) is 0.588. The normalized spacial score (nSPS) is 27.3. The zero-order valence-electron chi connectivity index (χ0n) is 13.4. The fourth-order valence-electron chi connectivity index (χ4n) is 3.69. The highest BCUT2D eigenvalue weighted by molar-refractivity contribution is 7.89. The Morgan fingerprint density at radius 3 is 2.52 bits per heavy atom. The summed E-state index contributed by atoms with van der Waals surface area (Å²) in [7, 11) is -3.43. The third-order valence-corrected chi connectivity index (χ3v) is 7.24. The molecule has 3 aliphatic rings. The van der Waals surface area contributed by atoms with E-state index in [9.17, 15) is 13.2 Å². The van der Waals surface area contributed by atoms with Crippen molar-refractivity contribution in [3.05, 3.63) is 23.8 Å². The molecule has 1 aromatic rings. The Labute approximate surface area is 137 Å². The van der Waals surface area contributed by atoms with Crippen LogP contribution in [0, 0.1) is 11.8 Å². The molecule has 0 unspecified atom stereocenters. The average Bonchev–Trinajstić information content (AvgIpc) is 3.00. The zero-order valence-corrected chi connectivity index (χ0v) is 14.2. The lowest BCUT2D eigenvalue weighted by atomic mass is 10.2. The monoisotopic (exact) mass is 334 g/mol. The molecule has 0 spiro atoms. The molecular weight excluding hydrogens is 312 g/mol. The molecular formula is C17H22N2O3S. The van der Waals surface area contributed by atoms with Gasteiger partial charge in [-0.2, -0.15) is 4.31 Å². The van der Waals surface area contributed by atoms with Crippen LogP contribution in [0.4, 0.5) is 5.69 Å². The molecule has 0 radical (unpaired) electrons. The number of carbonyl (C=O) groups is 1. The Hall–Kier alpha value is -1.40.